The van der Waals surface area contributed by atoms with Gasteiger partial charge in [-0.2, -0.15) is 0 Å². The number of fused-ring (bicyclic) bond motifs is 8. The third kappa shape index (κ3) is 7.24. The SMILES string of the molecule is C=CCc1cc2c(O)c(c1)Cc1cc(C3C=CC=CC=C3)cc(c1O)Cc1cc(CC=C)cc(c1O)Cc1cc(C3C=CC=CC=C3)cc(c1O)C2. The standard InChI is InChI=1S/C48H44O4/c1-3-13-31-19-37-27-41-23-35(33-15-9-5-6-10-16-33)25-43(47(41)51)29-39-21-32(14-4-2)22-40(46(39)50)30-44-26-36(34-17-11-7-8-12-18-34)24-42(48(44)52)28-38(20-31)45(37)49/h3-12,15-26,33-34,49-52H,1-2,13-14,27-30H2. The average Bonchev–Trinajstić information content (AvgIpc) is 3.58. The van der Waals surface area contributed by atoms with Gasteiger partial charge in [0.2, 0.25) is 0 Å². The van der Waals surface area contributed by atoms with E-state index in [0.29, 0.717) is 57.3 Å². The first-order chi connectivity index (χ1) is 25.3. The van der Waals surface area contributed by atoms with Crippen molar-refractivity contribution < 1.29 is 20.4 Å². The smallest absolute Gasteiger partial charge is 0.122 e. The van der Waals surface area contributed by atoms with Gasteiger partial charge in [0.05, 0.1) is 0 Å². The second kappa shape index (κ2) is 15.1. The van der Waals surface area contributed by atoms with Gasteiger partial charge < -0.3 is 20.4 Å². The zero-order valence-electron chi connectivity index (χ0n) is 29.3. The molecule has 0 aliphatic heterocycles. The lowest BCUT2D eigenvalue weighted by Gasteiger charge is -2.21. The van der Waals surface area contributed by atoms with Crippen LogP contribution in [-0.4, -0.2) is 20.4 Å². The molecular weight excluding hydrogens is 641 g/mol. The molecule has 0 fully saturated rings. The summed E-state index contributed by atoms with van der Waals surface area (Å²) in [7, 11) is 0. The van der Waals surface area contributed by atoms with E-state index in [1.54, 1.807) is 0 Å². The Balaban J connectivity index is 1.48. The number of benzene rings is 4. The second-order valence-electron chi connectivity index (χ2n) is 14.0. The molecule has 4 heteroatoms. The molecule has 0 unspecified atom stereocenters. The van der Waals surface area contributed by atoms with Crippen LogP contribution in [0.15, 0.2) is 147 Å². The van der Waals surface area contributed by atoms with E-state index in [1.807, 2.05) is 109 Å². The topological polar surface area (TPSA) is 80.9 Å². The fourth-order valence-corrected chi connectivity index (χ4v) is 7.66. The van der Waals surface area contributed by atoms with Gasteiger partial charge in [-0.1, -0.05) is 134 Å². The molecule has 0 amide bonds. The van der Waals surface area contributed by atoms with Crippen LogP contribution in [0.2, 0.25) is 0 Å². The van der Waals surface area contributed by atoms with E-state index in [0.717, 1.165) is 22.3 Å². The lowest BCUT2D eigenvalue weighted by Crippen LogP contribution is -2.05. The summed E-state index contributed by atoms with van der Waals surface area (Å²) in [6.45, 7) is 7.94. The normalized spacial score (nSPS) is 15.4. The van der Waals surface area contributed by atoms with Crippen LogP contribution in [0.3, 0.4) is 0 Å². The monoisotopic (exact) mass is 684 g/mol. The summed E-state index contributed by atoms with van der Waals surface area (Å²) in [5, 5.41) is 47.8. The van der Waals surface area contributed by atoms with Crippen molar-refractivity contribution >= 4 is 0 Å². The number of allylic oxidation sites excluding steroid dienone is 14. The van der Waals surface area contributed by atoms with Gasteiger partial charge in [0.1, 0.15) is 23.0 Å². The maximum absolute atomic E-state index is 11.9. The first-order valence-electron chi connectivity index (χ1n) is 17.9. The van der Waals surface area contributed by atoms with E-state index in [2.05, 4.69) is 37.5 Å². The van der Waals surface area contributed by atoms with Crippen molar-refractivity contribution in [3.8, 4) is 23.0 Å². The number of rotatable bonds is 6. The first kappa shape index (κ1) is 34.4. The van der Waals surface area contributed by atoms with Crippen LogP contribution in [0.1, 0.15) is 78.6 Å². The summed E-state index contributed by atoms with van der Waals surface area (Å²) in [6, 6.07) is 16.0. The van der Waals surface area contributed by atoms with Gasteiger partial charge in [-0.3, -0.25) is 0 Å². The molecule has 260 valence electrons. The Morgan fingerprint density at radius 2 is 0.654 bits per heavy atom. The number of hydrogen-bond donors (Lipinski definition) is 4. The van der Waals surface area contributed by atoms with Crippen LogP contribution in [0.5, 0.6) is 23.0 Å². The predicted molar refractivity (Wildman–Crippen MR) is 212 cm³/mol. The minimum absolute atomic E-state index is 0.0256. The molecule has 0 spiro atoms. The first-order valence-corrected chi connectivity index (χ1v) is 17.9. The second-order valence-corrected chi connectivity index (χ2v) is 14.0. The van der Waals surface area contributed by atoms with Crippen LogP contribution in [0, 0.1) is 0 Å². The summed E-state index contributed by atoms with van der Waals surface area (Å²) in [5.74, 6) is 0.530. The largest absolute Gasteiger partial charge is 0.507 e. The summed E-state index contributed by atoms with van der Waals surface area (Å²) in [6.07, 6.45) is 30.6. The van der Waals surface area contributed by atoms with Gasteiger partial charge in [0, 0.05) is 37.5 Å². The van der Waals surface area contributed by atoms with Gasteiger partial charge in [-0.05, 0) is 79.6 Å². The molecule has 0 radical (unpaired) electrons. The average molecular weight is 685 g/mol. The van der Waals surface area contributed by atoms with Gasteiger partial charge in [0.15, 0.2) is 0 Å². The van der Waals surface area contributed by atoms with E-state index < -0.39 is 0 Å². The summed E-state index contributed by atoms with van der Waals surface area (Å²) < 4.78 is 0. The van der Waals surface area contributed by atoms with Crippen molar-refractivity contribution in [1.82, 2.24) is 0 Å². The summed E-state index contributed by atoms with van der Waals surface area (Å²) in [5.41, 5.74) is 9.47. The Morgan fingerprint density at radius 3 is 0.904 bits per heavy atom. The zero-order chi connectivity index (χ0) is 36.2. The fraction of sp³-hybridized carbons (Fsp3) is 0.167. The molecule has 3 aliphatic rings. The molecule has 4 nitrogen and oxygen atoms in total. The molecule has 4 N–H and O–H groups in total. The summed E-state index contributed by atoms with van der Waals surface area (Å²) in [4.78, 5) is 0. The van der Waals surface area contributed by atoms with Crippen molar-refractivity contribution in [2.75, 3.05) is 0 Å². The molecule has 0 saturated carbocycles. The fourth-order valence-electron chi connectivity index (χ4n) is 7.66. The minimum Gasteiger partial charge on any atom is -0.507 e. The van der Waals surface area contributed by atoms with Crippen molar-refractivity contribution in [2.45, 2.75) is 50.4 Å². The van der Waals surface area contributed by atoms with E-state index in [9.17, 15) is 20.4 Å². The van der Waals surface area contributed by atoms with Gasteiger partial charge in [-0.25, -0.2) is 0 Å². The van der Waals surface area contributed by atoms with E-state index in [1.165, 1.54) is 0 Å². The van der Waals surface area contributed by atoms with Crippen molar-refractivity contribution in [3.63, 3.8) is 0 Å². The predicted octanol–water partition coefficient (Wildman–Crippen LogP) is 10.2. The van der Waals surface area contributed by atoms with E-state index in [4.69, 9.17) is 0 Å². The van der Waals surface area contributed by atoms with Crippen LogP contribution in [0.4, 0.5) is 0 Å². The molecule has 0 aromatic heterocycles. The van der Waals surface area contributed by atoms with E-state index in [-0.39, 0.29) is 60.5 Å². The van der Waals surface area contributed by atoms with Crippen LogP contribution >= 0.6 is 0 Å². The Labute approximate surface area is 306 Å². The highest BCUT2D eigenvalue weighted by Gasteiger charge is 2.23. The van der Waals surface area contributed by atoms with Gasteiger partial charge in [0.25, 0.3) is 0 Å². The lowest BCUT2D eigenvalue weighted by molar-refractivity contribution is 0.450. The molecule has 52 heavy (non-hydrogen) atoms. The Kier molecular flexibility index (Phi) is 9.99. The molecule has 4 aromatic rings. The van der Waals surface area contributed by atoms with Crippen molar-refractivity contribution in [1.29, 1.82) is 0 Å². The number of aromatic hydroxyl groups is 4. The number of phenolic OH excluding ortho intramolecular Hbond substituents is 4. The van der Waals surface area contributed by atoms with Crippen molar-refractivity contribution in [3.05, 3.63) is 214 Å². The maximum Gasteiger partial charge on any atom is 0.122 e. The highest BCUT2D eigenvalue weighted by Crippen LogP contribution is 2.41. The molecule has 0 saturated heterocycles. The third-order valence-electron chi connectivity index (χ3n) is 10.2. The number of phenols is 4. The van der Waals surface area contributed by atoms with Crippen LogP contribution < -0.4 is 0 Å². The van der Waals surface area contributed by atoms with Gasteiger partial charge >= 0.3 is 0 Å². The van der Waals surface area contributed by atoms with Crippen LogP contribution in [0.25, 0.3) is 0 Å². The molecule has 0 atom stereocenters. The van der Waals surface area contributed by atoms with E-state index >= 15 is 0 Å². The highest BCUT2D eigenvalue weighted by atomic mass is 16.3. The lowest BCUT2D eigenvalue weighted by atomic mass is 9.85. The zero-order valence-corrected chi connectivity index (χ0v) is 29.3. The van der Waals surface area contributed by atoms with Crippen LogP contribution in [-0.2, 0) is 38.5 Å². The molecule has 3 aliphatic carbocycles. The molecular formula is C48H44O4. The third-order valence-corrected chi connectivity index (χ3v) is 10.2. The minimum atomic E-state index is -0.0256. The maximum atomic E-state index is 11.9. The Hall–Kier alpha value is -6.00. The molecule has 8 bridgehead atoms. The molecule has 4 aromatic carbocycles. The summed E-state index contributed by atoms with van der Waals surface area (Å²) >= 11 is 0. The number of hydrogen-bond acceptors (Lipinski definition) is 4. The van der Waals surface area contributed by atoms with Crippen molar-refractivity contribution in [2.24, 2.45) is 0 Å². The quantitative estimate of drug-likeness (QED) is 0.134. The Morgan fingerprint density at radius 1 is 0.404 bits per heavy atom. The highest BCUT2D eigenvalue weighted by molar-refractivity contribution is 5.59. The molecule has 7 rings (SSSR count). The van der Waals surface area contributed by atoms with Gasteiger partial charge in [-0.15, -0.1) is 13.2 Å². The molecule has 0 heterocycles. The Bertz CT molecular complexity index is 1950.